The lowest BCUT2D eigenvalue weighted by Gasteiger charge is -2.18. The second-order valence-corrected chi connectivity index (χ2v) is 6.96. The Bertz CT molecular complexity index is 1130. The molecule has 150 valence electrons. The van der Waals surface area contributed by atoms with Gasteiger partial charge in [-0.15, -0.1) is 0 Å². The van der Waals surface area contributed by atoms with Crippen LogP contribution in [0.5, 0.6) is 5.75 Å². The minimum Gasteiger partial charge on any atom is -0.491 e. The van der Waals surface area contributed by atoms with Crippen LogP contribution in [0.4, 0.5) is 15.9 Å². The molecule has 0 unspecified atom stereocenters. The summed E-state index contributed by atoms with van der Waals surface area (Å²) in [6.07, 6.45) is 3.38. The van der Waals surface area contributed by atoms with E-state index in [4.69, 9.17) is 16.3 Å². The van der Waals surface area contributed by atoms with Crippen molar-refractivity contribution in [1.29, 1.82) is 0 Å². The fourth-order valence-corrected chi connectivity index (χ4v) is 3.12. The number of methoxy groups -OCH3 is 1. The van der Waals surface area contributed by atoms with Gasteiger partial charge in [-0.3, -0.25) is 9.79 Å². The molecule has 0 atom stereocenters. The molecule has 0 saturated heterocycles. The molecule has 0 bridgehead atoms. The number of aliphatic imine (C=N–C) groups is 1. The first-order valence-corrected chi connectivity index (χ1v) is 9.31. The Balaban J connectivity index is 2.04. The number of aromatic nitrogens is 1. The molecule has 1 N–H and O–H groups in total. The maximum absolute atomic E-state index is 13.5. The van der Waals surface area contributed by atoms with Crippen LogP contribution in [0.25, 0.3) is 0 Å². The average Bonchev–Trinajstić information content (AvgIpc) is 2.69. The lowest BCUT2D eigenvalue weighted by Crippen LogP contribution is -2.15. The van der Waals surface area contributed by atoms with Gasteiger partial charge in [-0.1, -0.05) is 29.8 Å². The third-order valence-electron chi connectivity index (χ3n) is 4.45. The fourth-order valence-electron chi connectivity index (χ4n) is 2.92. The summed E-state index contributed by atoms with van der Waals surface area (Å²) in [5.41, 5.74) is 3.34. The fraction of sp³-hybridized carbons (Fsp3) is 0.182. The highest BCUT2D eigenvalue weighted by molar-refractivity contribution is 6.30. The van der Waals surface area contributed by atoms with E-state index in [1.54, 1.807) is 31.6 Å². The summed E-state index contributed by atoms with van der Waals surface area (Å²) < 4.78 is 20.5. The van der Waals surface area contributed by atoms with E-state index >= 15 is 0 Å². The van der Waals surface area contributed by atoms with Crippen molar-refractivity contribution >= 4 is 29.3 Å². The van der Waals surface area contributed by atoms with Gasteiger partial charge in [-0.2, -0.15) is 0 Å². The van der Waals surface area contributed by atoms with Gasteiger partial charge in [0.1, 0.15) is 11.6 Å². The van der Waals surface area contributed by atoms with E-state index in [0.29, 0.717) is 12.4 Å². The minimum absolute atomic E-state index is 0.0485. The van der Waals surface area contributed by atoms with E-state index in [1.165, 1.54) is 19.2 Å². The monoisotopic (exact) mass is 413 g/mol. The molecule has 0 radical (unpaired) electrons. The van der Waals surface area contributed by atoms with Crippen LogP contribution in [0, 0.1) is 12.7 Å². The van der Waals surface area contributed by atoms with Gasteiger partial charge in [0.25, 0.3) is 0 Å². The van der Waals surface area contributed by atoms with Gasteiger partial charge in [0.05, 0.1) is 18.3 Å². The summed E-state index contributed by atoms with van der Waals surface area (Å²) in [5.74, 6) is 0.313. The maximum atomic E-state index is 13.5. The molecule has 29 heavy (non-hydrogen) atoms. The van der Waals surface area contributed by atoms with Crippen molar-refractivity contribution in [2.24, 2.45) is 4.99 Å². The minimum atomic E-state index is -0.476. The zero-order valence-electron chi connectivity index (χ0n) is 16.4. The maximum Gasteiger partial charge on any atom is 0.225 e. The van der Waals surface area contributed by atoms with Crippen molar-refractivity contribution < 1.29 is 9.13 Å². The van der Waals surface area contributed by atoms with Gasteiger partial charge in [-0.05, 0) is 41.8 Å². The zero-order chi connectivity index (χ0) is 21.0. The third kappa shape index (κ3) is 4.84. The number of anilines is 2. The lowest BCUT2D eigenvalue weighted by molar-refractivity contribution is 0.406. The lowest BCUT2D eigenvalue weighted by atomic mass is 10.1. The van der Waals surface area contributed by atoms with E-state index in [0.717, 1.165) is 22.4 Å². The Hall–Kier alpha value is -3.12. The van der Waals surface area contributed by atoms with Crippen molar-refractivity contribution in [3.8, 4) is 5.75 Å². The highest BCUT2D eigenvalue weighted by Crippen LogP contribution is 2.24. The van der Waals surface area contributed by atoms with Gasteiger partial charge < -0.3 is 14.6 Å². The molecule has 2 aromatic carbocycles. The van der Waals surface area contributed by atoms with Crippen LogP contribution in [0.15, 0.2) is 58.4 Å². The van der Waals surface area contributed by atoms with Gasteiger partial charge in [0.2, 0.25) is 5.43 Å². The first kappa shape index (κ1) is 20.6. The second kappa shape index (κ2) is 8.92. The SMILES string of the molecule is C/N=C/c1ccc(C)c(Nc2cc(=O)c(OC)cn2Cc2ccc(F)c(Cl)c2)c1. The van der Waals surface area contributed by atoms with E-state index < -0.39 is 5.82 Å². The van der Waals surface area contributed by atoms with E-state index in [2.05, 4.69) is 10.3 Å². The molecule has 0 aliphatic heterocycles. The van der Waals surface area contributed by atoms with Gasteiger partial charge >= 0.3 is 0 Å². The topological polar surface area (TPSA) is 55.6 Å². The van der Waals surface area contributed by atoms with Gasteiger partial charge in [-0.25, -0.2) is 4.39 Å². The largest absolute Gasteiger partial charge is 0.491 e. The van der Waals surface area contributed by atoms with Crippen LogP contribution in [0.3, 0.4) is 0 Å². The molecule has 5 nitrogen and oxygen atoms in total. The number of hydrogen-bond acceptors (Lipinski definition) is 4. The molecule has 3 aromatic rings. The molecule has 1 heterocycles. The van der Waals surface area contributed by atoms with Crippen molar-refractivity contribution in [2.45, 2.75) is 13.5 Å². The van der Waals surface area contributed by atoms with E-state index in [9.17, 15) is 9.18 Å². The summed E-state index contributed by atoms with van der Waals surface area (Å²) in [5, 5.41) is 3.37. The van der Waals surface area contributed by atoms with Crippen molar-refractivity contribution in [1.82, 2.24) is 4.57 Å². The van der Waals surface area contributed by atoms with Crippen molar-refractivity contribution in [3.63, 3.8) is 0 Å². The Labute approximate surface area is 173 Å². The molecule has 0 fully saturated rings. The Morgan fingerprint density at radius 2 is 2.03 bits per heavy atom. The highest BCUT2D eigenvalue weighted by atomic mass is 35.5. The predicted octanol–water partition coefficient (Wildman–Crippen LogP) is 4.80. The Kier molecular flexibility index (Phi) is 6.34. The molecule has 0 saturated carbocycles. The molecule has 0 spiro atoms. The molecule has 1 aromatic heterocycles. The van der Waals surface area contributed by atoms with Crippen LogP contribution in [0.1, 0.15) is 16.7 Å². The second-order valence-electron chi connectivity index (χ2n) is 6.55. The predicted molar refractivity (Wildman–Crippen MR) is 116 cm³/mol. The molecule has 7 heteroatoms. The molecule has 0 aliphatic rings. The van der Waals surface area contributed by atoms with E-state index in [-0.39, 0.29) is 16.2 Å². The first-order chi connectivity index (χ1) is 13.9. The molecule has 0 amide bonds. The van der Waals surface area contributed by atoms with Gasteiger partial charge in [0, 0.05) is 31.6 Å². The zero-order valence-corrected chi connectivity index (χ0v) is 17.1. The van der Waals surface area contributed by atoms with Crippen LogP contribution < -0.4 is 15.5 Å². The van der Waals surface area contributed by atoms with E-state index in [1.807, 2.05) is 29.7 Å². The summed E-state index contributed by atoms with van der Waals surface area (Å²) in [4.78, 5) is 16.4. The van der Waals surface area contributed by atoms with Crippen LogP contribution >= 0.6 is 11.6 Å². The summed E-state index contributed by atoms with van der Waals surface area (Å²) in [6, 6.07) is 11.9. The summed E-state index contributed by atoms with van der Waals surface area (Å²) in [7, 11) is 3.16. The number of pyridine rings is 1. The smallest absolute Gasteiger partial charge is 0.225 e. The molecular weight excluding hydrogens is 393 g/mol. The summed E-state index contributed by atoms with van der Waals surface area (Å²) >= 11 is 5.91. The molecular formula is C22H21ClFN3O2. The van der Waals surface area contributed by atoms with Crippen molar-refractivity contribution in [2.75, 3.05) is 19.5 Å². The highest BCUT2D eigenvalue weighted by Gasteiger charge is 2.11. The average molecular weight is 414 g/mol. The number of halogens is 2. The normalized spacial score (nSPS) is 11.1. The van der Waals surface area contributed by atoms with Crippen LogP contribution in [0.2, 0.25) is 5.02 Å². The number of benzene rings is 2. The Morgan fingerprint density at radius 3 is 2.72 bits per heavy atom. The van der Waals surface area contributed by atoms with Crippen LogP contribution in [-0.4, -0.2) is 24.9 Å². The van der Waals surface area contributed by atoms with Crippen LogP contribution in [-0.2, 0) is 6.54 Å². The van der Waals surface area contributed by atoms with Crippen molar-refractivity contribution in [3.05, 3.63) is 86.4 Å². The number of rotatable bonds is 6. The standard InChI is InChI=1S/C22H21ClFN3O2/c1-14-4-5-15(11-25-2)9-19(14)26-22-10-20(28)21(29-3)13-27(22)12-16-6-7-18(24)17(23)8-16/h4-11,13,26H,12H2,1-3H3/b25-11+. The summed E-state index contributed by atoms with van der Waals surface area (Å²) in [6.45, 7) is 2.34. The quantitative estimate of drug-likeness (QED) is 0.590. The van der Waals surface area contributed by atoms with Gasteiger partial charge in [0.15, 0.2) is 5.75 Å². The number of nitrogens with zero attached hydrogens (tertiary/aromatic N) is 2. The number of nitrogens with one attached hydrogen (secondary N) is 1. The number of ether oxygens (including phenoxy) is 1. The molecule has 3 rings (SSSR count). The Morgan fingerprint density at radius 1 is 1.24 bits per heavy atom. The molecule has 0 aliphatic carbocycles. The third-order valence-corrected chi connectivity index (χ3v) is 4.74. The number of hydrogen-bond donors (Lipinski definition) is 1. The number of aryl methyl sites for hydroxylation is 1. The first-order valence-electron chi connectivity index (χ1n) is 8.93.